The van der Waals surface area contributed by atoms with E-state index in [-0.39, 0.29) is 18.2 Å². The van der Waals surface area contributed by atoms with Gasteiger partial charge in [0.2, 0.25) is 0 Å². The van der Waals surface area contributed by atoms with E-state index < -0.39 is 0 Å². The average Bonchev–Trinajstić information content (AvgIpc) is 2.40. The summed E-state index contributed by atoms with van der Waals surface area (Å²) >= 11 is 3.26. The molecular formula is C14H19BrClFN2. The molecule has 1 aliphatic heterocycles. The lowest BCUT2D eigenvalue weighted by Gasteiger charge is -2.34. The summed E-state index contributed by atoms with van der Waals surface area (Å²) < 4.78 is 13.8. The van der Waals surface area contributed by atoms with Crippen molar-refractivity contribution in [1.29, 1.82) is 0 Å². The smallest absolute Gasteiger partial charge is 0.137 e. The first-order valence-electron chi connectivity index (χ1n) is 6.23. The fraction of sp³-hybridized carbons (Fsp3) is 0.429. The molecular weight excluding hydrogens is 331 g/mol. The summed E-state index contributed by atoms with van der Waals surface area (Å²) in [7, 11) is 0. The highest BCUT2D eigenvalue weighted by molar-refractivity contribution is 9.10. The van der Waals surface area contributed by atoms with Crippen LogP contribution < -0.4 is 5.32 Å². The Hall–Kier alpha value is -0.420. The number of hydrogen-bond donors (Lipinski definition) is 1. The van der Waals surface area contributed by atoms with Crippen LogP contribution in [0.25, 0.3) is 0 Å². The maximum absolute atomic E-state index is 13.3. The minimum atomic E-state index is -0.212. The number of hydrogen-bond acceptors (Lipinski definition) is 2. The summed E-state index contributed by atoms with van der Waals surface area (Å²) in [6.45, 7) is 7.90. The van der Waals surface area contributed by atoms with Crippen LogP contribution in [0.15, 0.2) is 35.3 Å². The number of nitrogens with zero attached hydrogens (tertiary/aromatic N) is 1. The minimum Gasteiger partial charge on any atom is -0.314 e. The molecule has 0 spiro atoms. The Balaban J connectivity index is 0.00000180. The van der Waals surface area contributed by atoms with Crippen molar-refractivity contribution >= 4 is 28.3 Å². The van der Waals surface area contributed by atoms with Crippen molar-refractivity contribution in [3.63, 3.8) is 0 Å². The number of piperazine rings is 1. The Morgan fingerprint density at radius 1 is 1.42 bits per heavy atom. The van der Waals surface area contributed by atoms with Crippen LogP contribution in [0.4, 0.5) is 4.39 Å². The third-order valence-electron chi connectivity index (χ3n) is 3.31. The van der Waals surface area contributed by atoms with E-state index in [1.54, 1.807) is 0 Å². The summed E-state index contributed by atoms with van der Waals surface area (Å²) in [5.41, 5.74) is 1.14. The van der Waals surface area contributed by atoms with Gasteiger partial charge in [0.1, 0.15) is 5.82 Å². The van der Waals surface area contributed by atoms with Gasteiger partial charge in [0.15, 0.2) is 0 Å². The van der Waals surface area contributed by atoms with Crippen molar-refractivity contribution in [2.75, 3.05) is 26.2 Å². The van der Waals surface area contributed by atoms with Crippen LogP contribution in [0.5, 0.6) is 0 Å². The normalized spacial score (nSPS) is 17.6. The molecule has 1 aromatic carbocycles. The molecule has 0 saturated carbocycles. The van der Waals surface area contributed by atoms with Gasteiger partial charge in [0, 0.05) is 32.2 Å². The Labute approximate surface area is 128 Å². The molecule has 1 saturated heterocycles. The van der Waals surface area contributed by atoms with E-state index in [0.29, 0.717) is 10.5 Å². The summed E-state index contributed by atoms with van der Waals surface area (Å²) in [5, 5.41) is 3.35. The highest BCUT2D eigenvalue weighted by Gasteiger charge is 2.21. The fourth-order valence-corrected chi connectivity index (χ4v) is 2.76. The van der Waals surface area contributed by atoms with Gasteiger partial charge in [-0.15, -0.1) is 19.0 Å². The van der Waals surface area contributed by atoms with E-state index in [1.807, 2.05) is 18.2 Å². The van der Waals surface area contributed by atoms with E-state index in [0.717, 1.165) is 38.2 Å². The van der Waals surface area contributed by atoms with Crippen molar-refractivity contribution in [1.82, 2.24) is 10.2 Å². The Morgan fingerprint density at radius 2 is 2.11 bits per heavy atom. The summed E-state index contributed by atoms with van der Waals surface area (Å²) in [5.74, 6) is -0.212. The SMILES string of the molecule is C=CC[C@@H](c1ccc(F)c(Br)c1)N1CCNCC1.Cl. The molecule has 1 aliphatic rings. The van der Waals surface area contributed by atoms with Gasteiger partial charge in [-0.05, 0) is 40.0 Å². The monoisotopic (exact) mass is 348 g/mol. The number of rotatable bonds is 4. The zero-order chi connectivity index (χ0) is 13.0. The van der Waals surface area contributed by atoms with Gasteiger partial charge in [0.05, 0.1) is 4.47 Å². The first-order valence-corrected chi connectivity index (χ1v) is 7.02. The first-order chi connectivity index (χ1) is 8.72. The molecule has 0 aromatic heterocycles. The minimum absolute atomic E-state index is 0. The van der Waals surface area contributed by atoms with Gasteiger partial charge in [-0.2, -0.15) is 0 Å². The van der Waals surface area contributed by atoms with Crippen molar-refractivity contribution in [2.24, 2.45) is 0 Å². The maximum Gasteiger partial charge on any atom is 0.137 e. The summed E-state index contributed by atoms with van der Waals surface area (Å²) in [4.78, 5) is 2.43. The van der Waals surface area contributed by atoms with E-state index >= 15 is 0 Å². The quantitative estimate of drug-likeness (QED) is 0.837. The topological polar surface area (TPSA) is 15.3 Å². The summed E-state index contributed by atoms with van der Waals surface area (Å²) in [6, 6.07) is 5.57. The highest BCUT2D eigenvalue weighted by atomic mass is 79.9. The van der Waals surface area contributed by atoms with Crippen molar-refractivity contribution < 1.29 is 4.39 Å². The number of benzene rings is 1. The van der Waals surface area contributed by atoms with Crippen molar-refractivity contribution in [2.45, 2.75) is 12.5 Å². The molecule has 1 aromatic rings. The highest BCUT2D eigenvalue weighted by Crippen LogP contribution is 2.28. The molecule has 0 bridgehead atoms. The fourth-order valence-electron chi connectivity index (χ4n) is 2.37. The van der Waals surface area contributed by atoms with Gasteiger partial charge in [0.25, 0.3) is 0 Å². The molecule has 1 fully saturated rings. The van der Waals surface area contributed by atoms with Gasteiger partial charge < -0.3 is 5.32 Å². The molecule has 5 heteroatoms. The molecule has 2 rings (SSSR count). The second-order valence-corrected chi connectivity index (χ2v) is 5.35. The molecule has 106 valence electrons. The van der Waals surface area contributed by atoms with Crippen LogP contribution in [-0.4, -0.2) is 31.1 Å². The predicted molar refractivity (Wildman–Crippen MR) is 83.3 cm³/mol. The van der Waals surface area contributed by atoms with Crippen LogP contribution in [0.2, 0.25) is 0 Å². The van der Waals surface area contributed by atoms with Crippen LogP contribution >= 0.6 is 28.3 Å². The van der Waals surface area contributed by atoms with Gasteiger partial charge in [-0.3, -0.25) is 4.90 Å². The van der Waals surface area contributed by atoms with Gasteiger partial charge >= 0.3 is 0 Å². The van der Waals surface area contributed by atoms with Crippen LogP contribution in [0, 0.1) is 5.82 Å². The molecule has 2 nitrogen and oxygen atoms in total. The molecule has 0 aliphatic carbocycles. The zero-order valence-electron chi connectivity index (χ0n) is 10.7. The largest absolute Gasteiger partial charge is 0.314 e. The van der Waals surface area contributed by atoms with Crippen molar-refractivity contribution in [3.8, 4) is 0 Å². The molecule has 19 heavy (non-hydrogen) atoms. The van der Waals surface area contributed by atoms with E-state index in [2.05, 4.69) is 32.7 Å². The van der Waals surface area contributed by atoms with Gasteiger partial charge in [-0.25, -0.2) is 4.39 Å². The van der Waals surface area contributed by atoms with E-state index in [1.165, 1.54) is 6.07 Å². The van der Waals surface area contributed by atoms with Crippen LogP contribution in [-0.2, 0) is 0 Å². The second kappa shape index (κ2) is 8.00. The second-order valence-electron chi connectivity index (χ2n) is 4.50. The lowest BCUT2D eigenvalue weighted by molar-refractivity contribution is 0.174. The third kappa shape index (κ3) is 4.28. The van der Waals surface area contributed by atoms with E-state index in [4.69, 9.17) is 0 Å². The standard InChI is InChI=1S/C14H18BrFN2.ClH/c1-2-3-14(18-8-6-17-7-9-18)11-4-5-13(16)12(15)10-11;/h2,4-5,10,14,17H,1,3,6-9H2;1H/t14-;/m0./s1. The Kier molecular flexibility index (Phi) is 7.00. The van der Waals surface area contributed by atoms with Gasteiger partial charge in [-0.1, -0.05) is 12.1 Å². The Bertz CT molecular complexity index is 422. The lowest BCUT2D eigenvalue weighted by atomic mass is 10.0. The molecule has 1 N–H and O–H groups in total. The lowest BCUT2D eigenvalue weighted by Crippen LogP contribution is -2.45. The molecule has 1 atom stereocenters. The van der Waals surface area contributed by atoms with Crippen molar-refractivity contribution in [3.05, 3.63) is 46.7 Å². The molecule has 0 unspecified atom stereocenters. The maximum atomic E-state index is 13.3. The zero-order valence-corrected chi connectivity index (χ0v) is 13.1. The number of nitrogens with one attached hydrogen (secondary N) is 1. The summed E-state index contributed by atoms with van der Waals surface area (Å²) in [6.07, 6.45) is 2.82. The first kappa shape index (κ1) is 16.6. The van der Waals surface area contributed by atoms with Crippen LogP contribution in [0.3, 0.4) is 0 Å². The molecule has 0 amide bonds. The molecule has 1 heterocycles. The average molecular weight is 350 g/mol. The number of halogens is 3. The predicted octanol–water partition coefficient (Wildman–Crippen LogP) is 3.53. The third-order valence-corrected chi connectivity index (χ3v) is 3.92. The van der Waals surface area contributed by atoms with E-state index in [9.17, 15) is 4.39 Å². The Morgan fingerprint density at radius 3 is 2.68 bits per heavy atom. The molecule has 0 radical (unpaired) electrons. The van der Waals surface area contributed by atoms with Crippen LogP contribution in [0.1, 0.15) is 18.0 Å².